The number of nitrogens with one attached hydrogen (secondary N) is 2. The second-order valence-corrected chi connectivity index (χ2v) is 21.7. The number of piperazine rings is 2. The van der Waals surface area contributed by atoms with Crippen LogP contribution in [0, 0.1) is 44.7 Å². The van der Waals surface area contributed by atoms with Crippen molar-refractivity contribution in [3.63, 3.8) is 0 Å². The fourth-order valence-electron chi connectivity index (χ4n) is 7.38. The molecule has 0 amide bonds. The van der Waals surface area contributed by atoms with Gasteiger partial charge in [-0.15, -0.1) is 0 Å². The fourth-order valence-corrected chi connectivity index (χ4v) is 9.75. The Morgan fingerprint density at radius 3 is 1.62 bits per heavy atom. The molecule has 2 aliphatic heterocycles. The van der Waals surface area contributed by atoms with Gasteiger partial charge in [0.15, 0.2) is 0 Å². The predicted octanol–water partition coefficient (Wildman–Crippen LogP) is 5.23. The monoisotopic (exact) mass is 1560 g/mol. The van der Waals surface area contributed by atoms with Gasteiger partial charge in [0.05, 0.1) is 105 Å². The molecular weight excluding hydrogens is 1510 g/mol. The van der Waals surface area contributed by atoms with Crippen molar-refractivity contribution in [3.8, 4) is 18.2 Å². The zero-order valence-corrected chi connectivity index (χ0v) is 58.8. The third kappa shape index (κ3) is 25.0. The molecule has 76 heavy (non-hydrogen) atoms. The number of aromatic amines is 1. The van der Waals surface area contributed by atoms with Crippen molar-refractivity contribution >= 4 is 148 Å². The summed E-state index contributed by atoms with van der Waals surface area (Å²) in [7, 11) is 0. The van der Waals surface area contributed by atoms with Crippen molar-refractivity contribution in [2.24, 2.45) is 0 Å². The van der Waals surface area contributed by atoms with Crippen LogP contribution in [0.5, 0.6) is 0 Å². The smallest absolute Gasteiger partial charge is 1.00 e. The van der Waals surface area contributed by atoms with Gasteiger partial charge in [-0.2, -0.15) is 31.1 Å². The van der Waals surface area contributed by atoms with Crippen LogP contribution in [0.4, 0.5) is 11.4 Å². The Labute approximate surface area is 599 Å². The van der Waals surface area contributed by atoms with Crippen molar-refractivity contribution in [3.05, 3.63) is 175 Å². The first kappa shape index (κ1) is 71.1. The Morgan fingerprint density at radius 2 is 1.22 bits per heavy atom. The molecule has 2 aliphatic rings. The normalized spacial score (nSPS) is 14.2. The maximum absolute atomic E-state index is 9.16. The van der Waals surface area contributed by atoms with E-state index in [0.717, 1.165) is 92.8 Å². The van der Waals surface area contributed by atoms with E-state index >= 15 is 0 Å². The minimum absolute atomic E-state index is 0. The van der Waals surface area contributed by atoms with E-state index in [4.69, 9.17) is 72.2 Å². The molecule has 2 atom stereocenters. The van der Waals surface area contributed by atoms with Gasteiger partial charge in [-0.05, 0) is 140 Å². The number of nitriles is 3. The molecule has 2 fully saturated rings. The predicted molar refractivity (Wildman–Crippen MR) is 319 cm³/mol. The van der Waals surface area contributed by atoms with Gasteiger partial charge in [-0.25, -0.2) is 0 Å². The third-order valence-corrected chi connectivity index (χ3v) is 13.8. The largest absolute Gasteiger partial charge is 1.00 e. The molecule has 0 spiro atoms. The number of benzene rings is 4. The second kappa shape index (κ2) is 40.3. The van der Waals surface area contributed by atoms with Gasteiger partial charge in [0, 0.05) is 86.7 Å². The Hall–Kier alpha value is -0.967. The van der Waals surface area contributed by atoms with Gasteiger partial charge >= 0.3 is 103 Å². The number of aryl methyl sites for hydroxylation is 1. The Bertz CT molecular complexity index is 2920. The minimum Gasteiger partial charge on any atom is -1.00 e. The van der Waals surface area contributed by atoms with Crippen molar-refractivity contribution < 1.29 is 119 Å². The first-order valence-electron chi connectivity index (χ1n) is 22.2. The molecule has 390 valence electrons. The van der Waals surface area contributed by atoms with Crippen molar-refractivity contribution in [1.82, 2.24) is 40.0 Å². The summed E-state index contributed by atoms with van der Waals surface area (Å²) < 4.78 is 7.38. The molecule has 26 heteroatoms. The van der Waals surface area contributed by atoms with E-state index < -0.39 is 0 Å². The molecular formula is C50H49BrCl4I3K2N13O3. The molecule has 9 rings (SSSR count). The topological polar surface area (TPSA) is 207 Å². The van der Waals surface area contributed by atoms with Crippen LogP contribution in [0.2, 0.25) is 20.1 Å². The number of rotatable bonds is 10. The molecule has 2 unspecified atom stereocenters. The number of halogens is 8. The molecule has 16 nitrogen and oxygen atoms in total. The van der Waals surface area contributed by atoms with E-state index in [0.29, 0.717) is 21.2 Å². The molecule has 2 saturated heterocycles. The first-order chi connectivity index (χ1) is 35.8. The average molecular weight is 1560 g/mol. The van der Waals surface area contributed by atoms with Gasteiger partial charge in [0.1, 0.15) is 0 Å². The van der Waals surface area contributed by atoms with Gasteiger partial charge in [0.2, 0.25) is 0 Å². The summed E-state index contributed by atoms with van der Waals surface area (Å²) in [6.45, 7) is 9.23. The molecule has 2 N–H and O–H groups in total. The summed E-state index contributed by atoms with van der Waals surface area (Å²) in [4.78, 5) is 18.3. The van der Waals surface area contributed by atoms with E-state index in [2.05, 4.69) is 159 Å². The number of alkyl halides is 1. The van der Waals surface area contributed by atoms with Crippen LogP contribution in [0.3, 0.4) is 0 Å². The summed E-state index contributed by atoms with van der Waals surface area (Å²) in [5, 5.41) is 55.8. The van der Waals surface area contributed by atoms with Crippen LogP contribution in [0.25, 0.3) is 0 Å². The van der Waals surface area contributed by atoms with E-state index in [1.54, 1.807) is 24.4 Å². The van der Waals surface area contributed by atoms with Crippen molar-refractivity contribution in [1.29, 1.82) is 15.8 Å². The number of carbonyl (C=O) groups is 1. The van der Waals surface area contributed by atoms with E-state index in [9.17, 15) is 0 Å². The zero-order chi connectivity index (χ0) is 53.8. The fraction of sp³-hybridized carbons (Fsp3) is 0.260. The molecule has 0 aliphatic carbocycles. The number of anilines is 2. The minimum atomic E-state index is -0.181. The van der Waals surface area contributed by atoms with Crippen molar-refractivity contribution in [2.45, 2.75) is 32.1 Å². The van der Waals surface area contributed by atoms with Crippen LogP contribution >= 0.6 is 130 Å². The van der Waals surface area contributed by atoms with Gasteiger partial charge < -0.3 is 26.7 Å². The molecule has 0 saturated carbocycles. The Balaban J connectivity index is 0.000000548. The summed E-state index contributed by atoms with van der Waals surface area (Å²) in [5.74, 6) is 0. The second-order valence-electron chi connectivity index (χ2n) is 15.4. The summed E-state index contributed by atoms with van der Waals surface area (Å²) in [6, 6.07) is 33.2. The number of nitrogens with zero attached hydrogens (tertiary/aromatic N) is 11. The summed E-state index contributed by atoms with van der Waals surface area (Å²) in [5.41, 5.74) is 5.44. The number of carbonyl (C=O) groups excluding carboxylic acids is 1. The molecule has 7 aromatic rings. The zero-order valence-electron chi connectivity index (χ0n) is 42.5. The third-order valence-electron chi connectivity index (χ3n) is 10.7. The summed E-state index contributed by atoms with van der Waals surface area (Å²) in [6.07, 6.45) is 11.4. The summed E-state index contributed by atoms with van der Waals surface area (Å²) >= 11 is 35.1. The number of hydrogen-bond donors (Lipinski definition) is 2. The maximum Gasteiger partial charge on any atom is 1.00 e. The van der Waals surface area contributed by atoms with Crippen LogP contribution in [-0.4, -0.2) is 92.3 Å². The standard InChI is InChI=1S/C22H20Cl2IN5.C17H15Cl2N3.C5H6BrIN2.C3H3IN2.C2H3N.CH2O3.2K.H/c23-18-4-2-17(3-5-18)22-15-28(7-9-29-14-19(25)13-27-29)8-10-30(22)21-6-1-16(12-26)11-20(21)24;18-14-4-2-13(3-5-14)17-11-21-7-8-22(17)16-6-1-12(10-20)9-15(16)19;6-1-2-9-4-5(7)3-8-9;4-3-1-5-6-2-3;1-2-3;2-1-4-3;;;/h1-6,11,13-14,22H,7-10,15H2;1-6,9,17,21H,7-8,11H2;3-4H,1-2H2;1-2H,(H,5,6);1H3;1,3H;;;/q;;;;;;2*+1;-1/p-1. The van der Waals surface area contributed by atoms with Crippen LogP contribution in [-0.2, 0) is 22.8 Å². The van der Waals surface area contributed by atoms with Gasteiger partial charge in [-0.1, -0.05) is 86.6 Å². The molecule has 3 aromatic heterocycles. The van der Waals surface area contributed by atoms with E-state index in [1.807, 2.05) is 94.8 Å². The van der Waals surface area contributed by atoms with Crippen LogP contribution < -0.4 is 123 Å². The number of hydrogen-bond acceptors (Lipinski definition) is 13. The van der Waals surface area contributed by atoms with Gasteiger partial charge in [-0.3, -0.25) is 24.2 Å². The maximum atomic E-state index is 9.16. The van der Waals surface area contributed by atoms with Crippen LogP contribution in [0.15, 0.2) is 122 Å². The van der Waals surface area contributed by atoms with Crippen LogP contribution in [0.1, 0.15) is 42.7 Å². The molecule has 0 radical (unpaired) electrons. The van der Waals surface area contributed by atoms with E-state index in [1.165, 1.54) is 21.6 Å². The van der Waals surface area contributed by atoms with E-state index in [-0.39, 0.29) is 123 Å². The number of H-pyrrole nitrogens is 1. The number of aromatic nitrogens is 6. The Morgan fingerprint density at radius 1 is 0.737 bits per heavy atom. The quantitative estimate of drug-likeness (QED) is 0.0450. The molecule has 4 aromatic carbocycles. The van der Waals surface area contributed by atoms with Gasteiger partial charge in [0.25, 0.3) is 6.47 Å². The molecule has 0 bridgehead atoms. The Kier molecular flexibility index (Phi) is 37.7. The molecule has 5 heterocycles. The van der Waals surface area contributed by atoms with Crippen molar-refractivity contribution in [2.75, 3.05) is 60.9 Å². The first-order valence-corrected chi connectivity index (χ1v) is 28.1. The average Bonchev–Trinajstić information content (AvgIpc) is 4.19. The SMILES string of the molecule is BrCCn1cc(I)cn1.CC#N.Ic1cn[nH]c1.N#Cc1ccc(N2CCN(CCn3cc(I)cn3)CC2c2ccc(Cl)cc2)c(Cl)c1.N#Cc1ccc(N2CCNCC2c2ccc(Cl)cc2)c(Cl)c1.O=CO[O-].[H-].[K+].[K+].